The summed E-state index contributed by atoms with van der Waals surface area (Å²) in [7, 11) is 0. The fraction of sp³-hybridized carbons (Fsp3) is 0.375. The fourth-order valence-corrected chi connectivity index (χ4v) is 3.93. The van der Waals surface area contributed by atoms with Gasteiger partial charge in [0.1, 0.15) is 5.54 Å². The van der Waals surface area contributed by atoms with Gasteiger partial charge in [-0.25, -0.2) is 4.79 Å². The molecule has 34 heavy (non-hydrogen) atoms. The van der Waals surface area contributed by atoms with Crippen molar-refractivity contribution in [2.75, 3.05) is 5.32 Å². The summed E-state index contributed by atoms with van der Waals surface area (Å²) in [5, 5.41) is 16.3. The van der Waals surface area contributed by atoms with Crippen LogP contribution in [0.1, 0.15) is 43.9 Å². The van der Waals surface area contributed by atoms with E-state index in [1.165, 1.54) is 17.0 Å². The van der Waals surface area contributed by atoms with Gasteiger partial charge in [-0.2, -0.15) is 13.2 Å². The number of halogens is 3. The molecule has 10 heteroatoms. The van der Waals surface area contributed by atoms with E-state index in [9.17, 15) is 22.8 Å². The lowest BCUT2D eigenvalue weighted by molar-refractivity contribution is -0.137. The van der Waals surface area contributed by atoms with Crippen molar-refractivity contribution >= 4 is 23.6 Å². The van der Waals surface area contributed by atoms with Crippen molar-refractivity contribution in [3.8, 4) is 0 Å². The van der Waals surface area contributed by atoms with Crippen LogP contribution in [0.3, 0.4) is 0 Å². The van der Waals surface area contributed by atoms with Gasteiger partial charge in [-0.3, -0.25) is 15.1 Å². The van der Waals surface area contributed by atoms with Gasteiger partial charge in [0.25, 0.3) is 5.91 Å². The molecular weight excluding hydrogens is 447 g/mol. The minimum absolute atomic E-state index is 0.0823. The Labute approximate surface area is 196 Å². The molecule has 0 saturated carbocycles. The van der Waals surface area contributed by atoms with Crippen LogP contribution < -0.4 is 16.0 Å². The molecule has 3 rings (SSSR count). The molecule has 2 aromatic rings. The lowest BCUT2D eigenvalue weighted by Gasteiger charge is -2.24. The Balaban J connectivity index is 1.51. The number of urea groups is 1. The molecule has 1 atom stereocenters. The van der Waals surface area contributed by atoms with Gasteiger partial charge in [0.05, 0.1) is 12.1 Å². The predicted octanol–water partition coefficient (Wildman–Crippen LogP) is 4.70. The maximum atomic E-state index is 12.9. The molecule has 0 aliphatic carbocycles. The average Bonchev–Trinajstić information content (AvgIpc) is 2.95. The maximum absolute atomic E-state index is 12.9. The third-order valence-electron chi connectivity index (χ3n) is 5.48. The zero-order chi connectivity index (χ0) is 25.1. The van der Waals surface area contributed by atoms with E-state index in [-0.39, 0.29) is 30.6 Å². The SMILES string of the molecule is CC(C)CC1(C)NC(=N)N(Cc2ccc(CNC(=O)Nc3ccc(C(F)(F)F)cc3)cc2)C1=O. The van der Waals surface area contributed by atoms with Gasteiger partial charge >= 0.3 is 12.2 Å². The summed E-state index contributed by atoms with van der Waals surface area (Å²) >= 11 is 0. The molecule has 0 radical (unpaired) electrons. The van der Waals surface area contributed by atoms with Crippen molar-refractivity contribution < 1.29 is 22.8 Å². The zero-order valence-electron chi connectivity index (χ0n) is 19.2. The Bertz CT molecular complexity index is 1050. The summed E-state index contributed by atoms with van der Waals surface area (Å²) in [4.78, 5) is 26.3. The molecule has 4 N–H and O–H groups in total. The van der Waals surface area contributed by atoms with Crippen LogP contribution in [0, 0.1) is 11.3 Å². The van der Waals surface area contributed by atoms with E-state index in [1.54, 1.807) is 12.1 Å². The van der Waals surface area contributed by atoms with Crippen molar-refractivity contribution in [2.24, 2.45) is 5.92 Å². The number of alkyl halides is 3. The van der Waals surface area contributed by atoms with Crippen LogP contribution in [0.25, 0.3) is 0 Å². The van der Waals surface area contributed by atoms with Crippen LogP contribution in [-0.4, -0.2) is 28.3 Å². The van der Waals surface area contributed by atoms with Crippen LogP contribution in [0.2, 0.25) is 0 Å². The third kappa shape index (κ3) is 6.06. The molecule has 0 aromatic heterocycles. The molecule has 0 spiro atoms. The Morgan fingerprint density at radius 1 is 1.09 bits per heavy atom. The minimum Gasteiger partial charge on any atom is -0.342 e. The third-order valence-corrected chi connectivity index (χ3v) is 5.48. The normalized spacial score (nSPS) is 18.3. The second-order valence-corrected chi connectivity index (χ2v) is 8.99. The summed E-state index contributed by atoms with van der Waals surface area (Å²) in [6.45, 7) is 6.35. The average molecular weight is 476 g/mol. The van der Waals surface area contributed by atoms with Gasteiger partial charge in [0, 0.05) is 12.2 Å². The van der Waals surface area contributed by atoms with E-state index < -0.39 is 23.3 Å². The number of hydrogen-bond donors (Lipinski definition) is 4. The van der Waals surface area contributed by atoms with E-state index in [0.717, 1.165) is 23.3 Å². The molecule has 3 amide bonds. The second-order valence-electron chi connectivity index (χ2n) is 8.99. The van der Waals surface area contributed by atoms with Gasteiger partial charge in [-0.1, -0.05) is 38.1 Å². The molecule has 7 nitrogen and oxygen atoms in total. The highest BCUT2D eigenvalue weighted by Crippen LogP contribution is 2.30. The first-order valence-corrected chi connectivity index (χ1v) is 10.9. The number of guanidine groups is 1. The van der Waals surface area contributed by atoms with E-state index in [2.05, 4.69) is 16.0 Å². The monoisotopic (exact) mass is 475 g/mol. The topological polar surface area (TPSA) is 97.3 Å². The Kier molecular flexibility index (Phi) is 7.18. The molecule has 1 aliphatic rings. The van der Waals surface area contributed by atoms with E-state index >= 15 is 0 Å². The van der Waals surface area contributed by atoms with Crippen LogP contribution in [0.15, 0.2) is 48.5 Å². The summed E-state index contributed by atoms with van der Waals surface area (Å²) in [6, 6.07) is 10.9. The van der Waals surface area contributed by atoms with Crippen LogP contribution >= 0.6 is 0 Å². The number of carbonyl (C=O) groups excluding carboxylic acids is 2. The zero-order valence-corrected chi connectivity index (χ0v) is 19.2. The molecule has 2 aromatic carbocycles. The number of rotatable bonds is 7. The number of benzene rings is 2. The summed E-state index contributed by atoms with van der Waals surface area (Å²) in [5.74, 6) is 0.258. The molecule has 1 unspecified atom stereocenters. The largest absolute Gasteiger partial charge is 0.416 e. The molecule has 0 bridgehead atoms. The molecule has 1 fully saturated rings. The van der Waals surface area contributed by atoms with Gasteiger partial charge in [-0.05, 0) is 54.7 Å². The number of anilines is 1. The number of amides is 3. The number of hydrogen-bond acceptors (Lipinski definition) is 3. The van der Waals surface area contributed by atoms with Gasteiger partial charge < -0.3 is 16.0 Å². The molecule has 1 heterocycles. The first-order valence-electron chi connectivity index (χ1n) is 10.9. The lowest BCUT2D eigenvalue weighted by atomic mass is 9.91. The molecule has 1 saturated heterocycles. The van der Waals surface area contributed by atoms with Crippen molar-refractivity contribution in [2.45, 2.75) is 52.0 Å². The molecule has 182 valence electrons. The summed E-state index contributed by atoms with van der Waals surface area (Å²) in [5.41, 5.74) is 0.320. The number of nitrogens with zero attached hydrogens (tertiary/aromatic N) is 1. The summed E-state index contributed by atoms with van der Waals surface area (Å²) in [6.07, 6.45) is -3.80. The minimum atomic E-state index is -4.43. The fourth-order valence-electron chi connectivity index (χ4n) is 3.93. The van der Waals surface area contributed by atoms with Crippen LogP contribution in [0.4, 0.5) is 23.7 Å². The first-order chi connectivity index (χ1) is 15.9. The van der Waals surface area contributed by atoms with Crippen molar-refractivity contribution in [3.63, 3.8) is 0 Å². The Morgan fingerprint density at radius 2 is 1.68 bits per heavy atom. The van der Waals surface area contributed by atoms with Gasteiger partial charge in [0.15, 0.2) is 5.96 Å². The van der Waals surface area contributed by atoms with E-state index in [0.29, 0.717) is 12.3 Å². The second kappa shape index (κ2) is 9.74. The number of carbonyl (C=O) groups is 2. The number of nitrogens with one attached hydrogen (secondary N) is 4. The van der Waals surface area contributed by atoms with Crippen molar-refractivity contribution in [3.05, 3.63) is 65.2 Å². The van der Waals surface area contributed by atoms with Gasteiger partial charge in [0.2, 0.25) is 0 Å². The first kappa shape index (κ1) is 25.1. The Morgan fingerprint density at radius 3 is 2.24 bits per heavy atom. The predicted molar refractivity (Wildman–Crippen MR) is 123 cm³/mol. The van der Waals surface area contributed by atoms with Gasteiger partial charge in [-0.15, -0.1) is 0 Å². The quantitative estimate of drug-likeness (QED) is 0.467. The van der Waals surface area contributed by atoms with Crippen molar-refractivity contribution in [1.29, 1.82) is 5.41 Å². The highest BCUT2D eigenvalue weighted by molar-refractivity contribution is 6.07. The van der Waals surface area contributed by atoms with E-state index in [1.807, 2.05) is 32.9 Å². The highest BCUT2D eigenvalue weighted by atomic mass is 19.4. The standard InChI is InChI=1S/C24H28F3N5O2/c1-15(2)12-23(3)20(33)32(21(28)31-23)14-17-6-4-16(5-7-17)13-29-22(34)30-19-10-8-18(9-11-19)24(25,26)27/h4-11,15H,12-14H2,1-3H3,(H2,28,31)(H2,29,30,34). The smallest absolute Gasteiger partial charge is 0.342 e. The Hall–Kier alpha value is -3.56. The summed E-state index contributed by atoms with van der Waals surface area (Å²) < 4.78 is 37.9. The lowest BCUT2D eigenvalue weighted by Crippen LogP contribution is -2.44. The van der Waals surface area contributed by atoms with E-state index in [4.69, 9.17) is 5.41 Å². The maximum Gasteiger partial charge on any atom is 0.416 e. The molecule has 1 aliphatic heterocycles. The van der Waals surface area contributed by atoms with Crippen LogP contribution in [-0.2, 0) is 24.1 Å². The highest BCUT2D eigenvalue weighted by Gasteiger charge is 2.45. The molecular formula is C24H28F3N5O2. The van der Waals surface area contributed by atoms with Crippen LogP contribution in [0.5, 0.6) is 0 Å². The van der Waals surface area contributed by atoms with Crippen molar-refractivity contribution in [1.82, 2.24) is 15.5 Å².